The first-order chi connectivity index (χ1) is 8.15. The number of hydrogen-bond donors (Lipinski definition) is 1. The van der Waals surface area contributed by atoms with Crippen LogP contribution in [0.3, 0.4) is 0 Å². The van der Waals surface area contributed by atoms with Crippen molar-refractivity contribution in [3.8, 4) is 0 Å². The Hall–Kier alpha value is -1.77. The van der Waals surface area contributed by atoms with Crippen LogP contribution in [0.2, 0.25) is 0 Å². The average molecular weight is 231 g/mol. The average Bonchev–Trinajstić information content (AvgIpc) is 2.66. The summed E-state index contributed by atoms with van der Waals surface area (Å²) in [5.41, 5.74) is 2.11. The number of nitrogens with zero attached hydrogens (tertiary/aromatic N) is 1. The van der Waals surface area contributed by atoms with Crippen molar-refractivity contribution in [2.45, 2.75) is 32.7 Å². The van der Waals surface area contributed by atoms with Crippen LogP contribution in [-0.2, 0) is 11.2 Å². The number of rotatable bonds is 4. The molecule has 0 amide bonds. The molecule has 1 aromatic heterocycles. The van der Waals surface area contributed by atoms with E-state index in [-0.39, 0.29) is 0 Å². The number of hydrogen-bond acceptors (Lipinski definition) is 1. The summed E-state index contributed by atoms with van der Waals surface area (Å²) in [5.74, 6) is -0.788. The first-order valence-electron chi connectivity index (χ1n) is 5.96. The lowest BCUT2D eigenvalue weighted by Gasteiger charge is -2.14. The van der Waals surface area contributed by atoms with Crippen LogP contribution >= 0.6 is 0 Å². The molecule has 2 aromatic rings. The molecule has 0 saturated carbocycles. The van der Waals surface area contributed by atoms with Gasteiger partial charge in [-0.25, -0.2) is 4.79 Å². The van der Waals surface area contributed by atoms with Gasteiger partial charge < -0.3 is 9.67 Å². The smallest absolute Gasteiger partial charge is 0.326 e. The van der Waals surface area contributed by atoms with Gasteiger partial charge in [0.2, 0.25) is 0 Å². The highest BCUT2D eigenvalue weighted by atomic mass is 16.4. The third-order valence-electron chi connectivity index (χ3n) is 3.08. The molecule has 0 fully saturated rings. The van der Waals surface area contributed by atoms with E-state index < -0.39 is 12.0 Å². The zero-order valence-corrected chi connectivity index (χ0v) is 10.2. The highest BCUT2D eigenvalue weighted by molar-refractivity contribution is 5.84. The fraction of sp³-hybridized carbons (Fsp3) is 0.357. The number of aliphatic carboxylic acids is 1. The lowest BCUT2D eigenvalue weighted by Crippen LogP contribution is -2.17. The molecule has 0 radical (unpaired) electrons. The van der Waals surface area contributed by atoms with Gasteiger partial charge in [-0.1, -0.05) is 31.5 Å². The monoisotopic (exact) mass is 231 g/mol. The summed E-state index contributed by atoms with van der Waals surface area (Å²) < 4.78 is 1.93. The third kappa shape index (κ3) is 2.05. The van der Waals surface area contributed by atoms with Crippen LogP contribution in [0.4, 0.5) is 0 Å². The summed E-state index contributed by atoms with van der Waals surface area (Å²) in [7, 11) is 0. The Bertz CT molecular complexity index is 542. The maximum Gasteiger partial charge on any atom is 0.326 e. The Morgan fingerprint density at radius 3 is 2.76 bits per heavy atom. The van der Waals surface area contributed by atoms with E-state index in [0.717, 1.165) is 29.4 Å². The van der Waals surface area contributed by atoms with Crippen LogP contribution in [-0.4, -0.2) is 15.6 Å². The third-order valence-corrected chi connectivity index (χ3v) is 3.08. The lowest BCUT2D eigenvalue weighted by molar-refractivity contribution is -0.140. The summed E-state index contributed by atoms with van der Waals surface area (Å²) in [4.78, 5) is 11.2. The summed E-state index contributed by atoms with van der Waals surface area (Å²) in [6.07, 6.45) is 1.93. The molecule has 1 unspecified atom stereocenters. The zero-order valence-electron chi connectivity index (χ0n) is 10.2. The normalized spacial score (nSPS) is 12.8. The van der Waals surface area contributed by atoms with Gasteiger partial charge in [0.1, 0.15) is 6.04 Å². The fourth-order valence-corrected chi connectivity index (χ4v) is 2.25. The molecule has 0 aliphatic rings. The predicted octanol–water partition coefficient (Wildman–Crippen LogP) is 3.24. The summed E-state index contributed by atoms with van der Waals surface area (Å²) in [5, 5.41) is 10.3. The number of carbonyl (C=O) groups is 1. The van der Waals surface area contributed by atoms with E-state index in [9.17, 15) is 9.90 Å². The van der Waals surface area contributed by atoms with Gasteiger partial charge in [0.05, 0.1) is 0 Å². The summed E-state index contributed by atoms with van der Waals surface area (Å²) in [6.45, 7) is 3.83. The standard InChI is InChI=1S/C14H17NO2/c1-3-6-12-9-11-7-4-5-8-13(11)15(12)10(2)14(16)17/h4-5,7-10H,3,6H2,1-2H3,(H,16,17). The van der Waals surface area contributed by atoms with Gasteiger partial charge in [-0.15, -0.1) is 0 Å². The molecule has 2 rings (SSSR count). The minimum absolute atomic E-state index is 0.517. The van der Waals surface area contributed by atoms with E-state index >= 15 is 0 Å². The van der Waals surface area contributed by atoms with Crippen molar-refractivity contribution in [3.05, 3.63) is 36.0 Å². The van der Waals surface area contributed by atoms with Crippen molar-refractivity contribution in [3.63, 3.8) is 0 Å². The molecular weight excluding hydrogens is 214 g/mol. The second kappa shape index (κ2) is 4.62. The summed E-state index contributed by atoms with van der Waals surface area (Å²) >= 11 is 0. The molecule has 0 saturated heterocycles. The molecule has 3 nitrogen and oxygen atoms in total. The van der Waals surface area contributed by atoms with Gasteiger partial charge in [0.15, 0.2) is 0 Å². The first kappa shape index (κ1) is 11.7. The number of benzene rings is 1. The largest absolute Gasteiger partial charge is 0.480 e. The highest BCUT2D eigenvalue weighted by Crippen LogP contribution is 2.25. The van der Waals surface area contributed by atoms with Gasteiger partial charge in [-0.05, 0) is 30.9 Å². The Morgan fingerprint density at radius 2 is 2.12 bits per heavy atom. The van der Waals surface area contributed by atoms with E-state index in [4.69, 9.17) is 0 Å². The van der Waals surface area contributed by atoms with Crippen molar-refractivity contribution in [1.29, 1.82) is 0 Å². The fourth-order valence-electron chi connectivity index (χ4n) is 2.25. The number of para-hydroxylation sites is 1. The van der Waals surface area contributed by atoms with Gasteiger partial charge in [-0.2, -0.15) is 0 Å². The van der Waals surface area contributed by atoms with Crippen LogP contribution in [0.25, 0.3) is 10.9 Å². The molecule has 0 spiro atoms. The van der Waals surface area contributed by atoms with Crippen molar-refractivity contribution in [2.24, 2.45) is 0 Å². The Labute approximate surface area is 101 Å². The minimum Gasteiger partial charge on any atom is -0.480 e. The van der Waals surface area contributed by atoms with E-state index in [0.29, 0.717) is 0 Å². The maximum absolute atomic E-state index is 11.2. The van der Waals surface area contributed by atoms with Gasteiger partial charge in [0.25, 0.3) is 0 Å². The van der Waals surface area contributed by atoms with Crippen LogP contribution in [0.15, 0.2) is 30.3 Å². The van der Waals surface area contributed by atoms with Crippen LogP contribution in [0.1, 0.15) is 32.0 Å². The first-order valence-corrected chi connectivity index (χ1v) is 5.96. The Kier molecular flexibility index (Phi) is 3.18. The van der Waals surface area contributed by atoms with E-state index in [1.807, 2.05) is 28.8 Å². The molecule has 0 aliphatic heterocycles. The maximum atomic E-state index is 11.2. The Balaban J connectivity index is 2.63. The molecule has 0 bridgehead atoms. The van der Waals surface area contributed by atoms with Crippen molar-refractivity contribution < 1.29 is 9.90 Å². The number of fused-ring (bicyclic) bond motifs is 1. The van der Waals surface area contributed by atoms with Crippen molar-refractivity contribution in [1.82, 2.24) is 4.57 Å². The van der Waals surface area contributed by atoms with Gasteiger partial charge in [-0.3, -0.25) is 0 Å². The zero-order chi connectivity index (χ0) is 12.4. The molecule has 1 heterocycles. The van der Waals surface area contributed by atoms with Gasteiger partial charge in [0, 0.05) is 11.2 Å². The number of aryl methyl sites for hydroxylation is 1. The van der Waals surface area contributed by atoms with Crippen molar-refractivity contribution in [2.75, 3.05) is 0 Å². The molecular formula is C14H17NO2. The molecule has 90 valence electrons. The quantitative estimate of drug-likeness (QED) is 0.877. The number of carboxylic acids is 1. The van der Waals surface area contributed by atoms with Crippen LogP contribution in [0, 0.1) is 0 Å². The SMILES string of the molecule is CCCc1cc2ccccc2n1C(C)C(=O)O. The van der Waals surface area contributed by atoms with Gasteiger partial charge >= 0.3 is 5.97 Å². The van der Waals surface area contributed by atoms with Crippen LogP contribution < -0.4 is 0 Å². The minimum atomic E-state index is -0.788. The van der Waals surface area contributed by atoms with E-state index in [2.05, 4.69) is 13.0 Å². The topological polar surface area (TPSA) is 42.2 Å². The lowest BCUT2D eigenvalue weighted by atomic mass is 10.2. The molecule has 0 aliphatic carbocycles. The molecule has 1 aromatic carbocycles. The molecule has 17 heavy (non-hydrogen) atoms. The van der Waals surface area contributed by atoms with E-state index in [1.165, 1.54) is 0 Å². The molecule has 3 heteroatoms. The van der Waals surface area contributed by atoms with E-state index in [1.54, 1.807) is 6.92 Å². The second-order valence-electron chi connectivity index (χ2n) is 4.33. The predicted molar refractivity (Wildman–Crippen MR) is 68.3 cm³/mol. The number of carboxylic acid groups (broad SMARTS) is 1. The molecule has 1 atom stereocenters. The highest BCUT2D eigenvalue weighted by Gasteiger charge is 2.18. The number of aromatic nitrogens is 1. The summed E-state index contributed by atoms with van der Waals surface area (Å²) in [6, 6.07) is 9.51. The van der Waals surface area contributed by atoms with Crippen LogP contribution in [0.5, 0.6) is 0 Å². The second-order valence-corrected chi connectivity index (χ2v) is 4.33. The Morgan fingerprint density at radius 1 is 1.41 bits per heavy atom. The molecule has 1 N–H and O–H groups in total. The van der Waals surface area contributed by atoms with Crippen molar-refractivity contribution >= 4 is 16.9 Å².